The van der Waals surface area contributed by atoms with Crippen molar-refractivity contribution in [3.05, 3.63) is 40.8 Å². The van der Waals surface area contributed by atoms with Gasteiger partial charge < -0.3 is 24.7 Å². The predicted molar refractivity (Wildman–Crippen MR) is 102 cm³/mol. The van der Waals surface area contributed by atoms with Crippen molar-refractivity contribution in [1.29, 1.82) is 0 Å². The van der Waals surface area contributed by atoms with Gasteiger partial charge in [0.15, 0.2) is 11.5 Å². The Morgan fingerprint density at radius 2 is 1.58 bits per heavy atom. The molecule has 1 heterocycles. The van der Waals surface area contributed by atoms with Gasteiger partial charge in [-0.3, -0.25) is 4.79 Å². The van der Waals surface area contributed by atoms with Crippen molar-refractivity contribution in [2.24, 2.45) is 0 Å². The van der Waals surface area contributed by atoms with Gasteiger partial charge in [0.25, 0.3) is 0 Å². The lowest BCUT2D eigenvalue weighted by molar-refractivity contribution is 0.104. The molecule has 26 heavy (non-hydrogen) atoms. The molecule has 7 heteroatoms. The molecule has 0 radical (unpaired) electrons. The summed E-state index contributed by atoms with van der Waals surface area (Å²) in [7, 11) is 6.11. The fourth-order valence-electron chi connectivity index (χ4n) is 2.73. The van der Waals surface area contributed by atoms with Gasteiger partial charge in [-0.1, -0.05) is 0 Å². The fraction of sp³-hybridized carbons (Fsp3) is 0.211. The van der Waals surface area contributed by atoms with Crippen LogP contribution in [0.3, 0.4) is 0 Å². The van der Waals surface area contributed by atoms with Crippen LogP contribution in [-0.2, 0) is 0 Å². The number of fused-ring (bicyclic) bond motifs is 1. The number of benzene rings is 2. The van der Waals surface area contributed by atoms with Crippen molar-refractivity contribution in [1.82, 2.24) is 0 Å². The SMILES string of the molecule is COc1ccc2sc(C(=O)c3cc(OC)c(OC)c(OC)c3)c(N)c2c1. The first-order valence-corrected chi connectivity index (χ1v) is 8.56. The molecule has 0 saturated heterocycles. The summed E-state index contributed by atoms with van der Waals surface area (Å²) in [6.45, 7) is 0. The van der Waals surface area contributed by atoms with E-state index in [0.717, 1.165) is 10.1 Å². The first-order valence-electron chi connectivity index (χ1n) is 7.74. The third kappa shape index (κ3) is 2.90. The summed E-state index contributed by atoms with van der Waals surface area (Å²) in [4.78, 5) is 13.5. The van der Waals surface area contributed by atoms with Crippen molar-refractivity contribution in [3.8, 4) is 23.0 Å². The minimum Gasteiger partial charge on any atom is -0.497 e. The molecule has 0 aliphatic rings. The van der Waals surface area contributed by atoms with Crippen molar-refractivity contribution < 1.29 is 23.7 Å². The lowest BCUT2D eigenvalue weighted by Gasteiger charge is -2.13. The highest BCUT2D eigenvalue weighted by molar-refractivity contribution is 7.21. The summed E-state index contributed by atoms with van der Waals surface area (Å²) in [6, 6.07) is 8.79. The van der Waals surface area contributed by atoms with Gasteiger partial charge in [0.1, 0.15) is 5.75 Å². The van der Waals surface area contributed by atoms with Crippen molar-refractivity contribution in [3.63, 3.8) is 0 Å². The molecule has 3 aromatic rings. The number of methoxy groups -OCH3 is 4. The Morgan fingerprint density at radius 3 is 2.12 bits per heavy atom. The van der Waals surface area contributed by atoms with E-state index in [9.17, 15) is 4.79 Å². The van der Waals surface area contributed by atoms with E-state index in [0.29, 0.717) is 39.1 Å². The van der Waals surface area contributed by atoms with Gasteiger partial charge in [-0.25, -0.2) is 0 Å². The van der Waals surface area contributed by atoms with Gasteiger partial charge >= 0.3 is 0 Å². The molecule has 0 amide bonds. The van der Waals surface area contributed by atoms with Gasteiger partial charge in [-0.15, -0.1) is 11.3 Å². The Labute approximate surface area is 155 Å². The molecule has 1 aromatic heterocycles. The highest BCUT2D eigenvalue weighted by Crippen LogP contribution is 2.41. The third-order valence-corrected chi connectivity index (χ3v) is 5.25. The third-order valence-electron chi connectivity index (χ3n) is 4.07. The van der Waals surface area contributed by atoms with Gasteiger partial charge in [-0.05, 0) is 30.3 Å². The van der Waals surface area contributed by atoms with Crippen LogP contribution in [0.5, 0.6) is 23.0 Å². The number of ether oxygens (including phenoxy) is 4. The summed E-state index contributed by atoms with van der Waals surface area (Å²) in [5.74, 6) is 1.74. The van der Waals surface area contributed by atoms with E-state index in [4.69, 9.17) is 24.7 Å². The standard InChI is InChI=1S/C19H19NO5S/c1-22-11-5-6-15-12(9-11)16(20)19(26-15)17(21)10-7-13(23-2)18(25-4)14(8-10)24-3/h5-9H,20H2,1-4H3. The minimum absolute atomic E-state index is 0.207. The summed E-state index contributed by atoms with van der Waals surface area (Å²) in [5, 5.41) is 0.796. The van der Waals surface area contributed by atoms with Crippen LogP contribution in [0.1, 0.15) is 15.2 Å². The molecule has 3 rings (SSSR count). The van der Waals surface area contributed by atoms with Crippen LogP contribution in [-0.4, -0.2) is 34.2 Å². The van der Waals surface area contributed by atoms with Crippen LogP contribution in [0, 0.1) is 0 Å². The van der Waals surface area contributed by atoms with Gasteiger partial charge in [-0.2, -0.15) is 0 Å². The van der Waals surface area contributed by atoms with Crippen LogP contribution in [0.25, 0.3) is 10.1 Å². The molecule has 0 unspecified atom stereocenters. The maximum Gasteiger partial charge on any atom is 0.205 e. The van der Waals surface area contributed by atoms with Gasteiger partial charge in [0, 0.05) is 15.6 Å². The second-order valence-corrected chi connectivity index (χ2v) is 6.50. The number of rotatable bonds is 6. The topological polar surface area (TPSA) is 80.0 Å². The van der Waals surface area contributed by atoms with E-state index < -0.39 is 0 Å². The second-order valence-electron chi connectivity index (χ2n) is 5.45. The zero-order chi connectivity index (χ0) is 18.8. The Balaban J connectivity index is 2.12. The molecule has 0 spiro atoms. The van der Waals surface area contributed by atoms with Crippen LogP contribution < -0.4 is 24.7 Å². The number of carbonyl (C=O) groups is 1. The maximum absolute atomic E-state index is 13.1. The van der Waals surface area contributed by atoms with Crippen LogP contribution in [0.2, 0.25) is 0 Å². The monoisotopic (exact) mass is 373 g/mol. The zero-order valence-corrected chi connectivity index (χ0v) is 15.7. The molecular weight excluding hydrogens is 354 g/mol. The normalized spacial score (nSPS) is 10.6. The van der Waals surface area contributed by atoms with E-state index in [2.05, 4.69) is 0 Å². The zero-order valence-electron chi connectivity index (χ0n) is 14.9. The first-order chi connectivity index (χ1) is 12.5. The van der Waals surface area contributed by atoms with E-state index in [1.807, 2.05) is 18.2 Å². The molecule has 0 aliphatic carbocycles. The molecule has 136 valence electrons. The number of thiophene rings is 1. The summed E-state index contributed by atoms with van der Waals surface area (Å²) in [5.41, 5.74) is 7.09. The number of nitrogen functional groups attached to an aromatic ring is 1. The summed E-state index contributed by atoms with van der Waals surface area (Å²) in [6.07, 6.45) is 0. The number of anilines is 1. The average Bonchev–Trinajstić information content (AvgIpc) is 3.01. The highest BCUT2D eigenvalue weighted by atomic mass is 32.1. The smallest absolute Gasteiger partial charge is 0.205 e. The molecule has 6 nitrogen and oxygen atoms in total. The van der Waals surface area contributed by atoms with Crippen molar-refractivity contribution in [2.45, 2.75) is 0 Å². The summed E-state index contributed by atoms with van der Waals surface area (Å²) >= 11 is 1.34. The molecule has 0 atom stereocenters. The van der Waals surface area contributed by atoms with E-state index in [-0.39, 0.29) is 5.78 Å². The molecule has 0 saturated carbocycles. The fourth-order valence-corrected chi connectivity index (χ4v) is 3.80. The van der Waals surface area contributed by atoms with E-state index in [1.165, 1.54) is 32.7 Å². The molecule has 0 fully saturated rings. The molecule has 2 N–H and O–H groups in total. The minimum atomic E-state index is -0.207. The molecule has 0 bridgehead atoms. The quantitative estimate of drug-likeness (QED) is 0.663. The largest absolute Gasteiger partial charge is 0.497 e. The number of ketones is 1. The number of nitrogens with two attached hydrogens (primary N) is 1. The predicted octanol–water partition coefficient (Wildman–Crippen LogP) is 3.75. The Bertz CT molecular complexity index is 954. The Morgan fingerprint density at radius 1 is 0.923 bits per heavy atom. The summed E-state index contributed by atoms with van der Waals surface area (Å²) < 4.78 is 22.1. The second kappa shape index (κ2) is 7.13. The lowest BCUT2D eigenvalue weighted by Crippen LogP contribution is -2.04. The van der Waals surface area contributed by atoms with Crippen molar-refractivity contribution >= 4 is 32.9 Å². The molecule has 0 aliphatic heterocycles. The van der Waals surface area contributed by atoms with Crippen molar-refractivity contribution in [2.75, 3.05) is 34.2 Å². The van der Waals surface area contributed by atoms with Crippen LogP contribution in [0.4, 0.5) is 5.69 Å². The lowest BCUT2D eigenvalue weighted by atomic mass is 10.1. The van der Waals surface area contributed by atoms with E-state index in [1.54, 1.807) is 19.2 Å². The number of carbonyl (C=O) groups excluding carboxylic acids is 1. The number of hydrogen-bond acceptors (Lipinski definition) is 7. The Kier molecular flexibility index (Phi) is 4.90. The van der Waals surface area contributed by atoms with Gasteiger partial charge in [0.2, 0.25) is 11.5 Å². The first kappa shape index (κ1) is 17.9. The Hall–Kier alpha value is -2.93. The highest BCUT2D eigenvalue weighted by Gasteiger charge is 2.22. The molecule has 2 aromatic carbocycles. The van der Waals surface area contributed by atoms with E-state index >= 15 is 0 Å². The molecular formula is C19H19NO5S. The average molecular weight is 373 g/mol. The number of hydrogen-bond donors (Lipinski definition) is 1. The maximum atomic E-state index is 13.1. The van der Waals surface area contributed by atoms with Crippen LogP contribution >= 0.6 is 11.3 Å². The van der Waals surface area contributed by atoms with Crippen LogP contribution in [0.15, 0.2) is 30.3 Å². The van der Waals surface area contributed by atoms with Gasteiger partial charge in [0.05, 0.1) is 39.0 Å².